The first-order valence-corrected chi connectivity index (χ1v) is 7.37. The van der Waals surface area contributed by atoms with E-state index in [4.69, 9.17) is 4.74 Å². The lowest BCUT2D eigenvalue weighted by Crippen LogP contribution is -2.36. The van der Waals surface area contributed by atoms with Crippen LogP contribution in [0.25, 0.3) is 0 Å². The number of nitrogens with zero attached hydrogens (tertiary/aromatic N) is 1. The molecule has 1 aliphatic heterocycles. The Morgan fingerprint density at radius 3 is 2.70 bits per heavy atom. The number of hydrogen-bond donors (Lipinski definition) is 0. The number of carbonyl (C=O) groups excluding carboxylic acids is 1. The first kappa shape index (κ1) is 15.0. The lowest BCUT2D eigenvalue weighted by molar-refractivity contribution is -0.142. The first-order valence-electron chi connectivity index (χ1n) is 7.37. The highest BCUT2D eigenvalue weighted by Crippen LogP contribution is 2.33. The van der Waals surface area contributed by atoms with Crippen LogP contribution in [0.15, 0.2) is 24.3 Å². The van der Waals surface area contributed by atoms with Gasteiger partial charge >= 0.3 is 0 Å². The molecule has 1 aliphatic rings. The molecule has 0 spiro atoms. The quantitative estimate of drug-likeness (QED) is 0.845. The normalized spacial score (nSPS) is 19.4. The predicted molar refractivity (Wildman–Crippen MR) is 80.6 cm³/mol. The molecule has 1 amide bonds. The summed E-state index contributed by atoms with van der Waals surface area (Å²) in [6, 6.07) is 8.56. The summed E-state index contributed by atoms with van der Waals surface area (Å²) < 4.78 is 5.63. The fourth-order valence-electron chi connectivity index (χ4n) is 2.71. The van der Waals surface area contributed by atoms with E-state index in [2.05, 4.69) is 25.1 Å². The zero-order valence-corrected chi connectivity index (χ0v) is 13.0. The van der Waals surface area contributed by atoms with E-state index in [9.17, 15) is 4.79 Å². The molecule has 1 atom stereocenters. The van der Waals surface area contributed by atoms with Crippen molar-refractivity contribution in [2.45, 2.75) is 52.2 Å². The van der Waals surface area contributed by atoms with Crippen molar-refractivity contribution in [2.24, 2.45) is 0 Å². The first-order chi connectivity index (χ1) is 9.38. The minimum Gasteiger partial charge on any atom is -0.366 e. The molecule has 1 unspecified atom stereocenters. The van der Waals surface area contributed by atoms with E-state index in [0.29, 0.717) is 0 Å². The van der Waals surface area contributed by atoms with Crippen LogP contribution in [0.2, 0.25) is 0 Å². The van der Waals surface area contributed by atoms with Crippen LogP contribution in [-0.2, 0) is 9.53 Å². The second-order valence-corrected chi connectivity index (χ2v) is 6.50. The van der Waals surface area contributed by atoms with E-state index in [1.165, 1.54) is 11.1 Å². The van der Waals surface area contributed by atoms with E-state index < -0.39 is 0 Å². The van der Waals surface area contributed by atoms with Gasteiger partial charge in [-0.2, -0.15) is 0 Å². The number of benzene rings is 1. The molecule has 1 aromatic carbocycles. The van der Waals surface area contributed by atoms with E-state index in [1.807, 2.05) is 31.7 Å². The molecule has 0 aromatic heterocycles. The molecule has 1 heterocycles. The summed E-state index contributed by atoms with van der Waals surface area (Å²) in [7, 11) is 0. The summed E-state index contributed by atoms with van der Waals surface area (Å²) in [6.45, 7) is 9.05. The van der Waals surface area contributed by atoms with Gasteiger partial charge in [0.2, 0.25) is 5.91 Å². The van der Waals surface area contributed by atoms with Gasteiger partial charge in [0.25, 0.3) is 0 Å². The van der Waals surface area contributed by atoms with Crippen LogP contribution in [-0.4, -0.2) is 29.6 Å². The zero-order chi connectivity index (χ0) is 14.8. The molecule has 3 heteroatoms. The molecule has 1 aromatic rings. The molecule has 1 saturated heterocycles. The summed E-state index contributed by atoms with van der Waals surface area (Å²) in [5.41, 5.74) is 2.26. The topological polar surface area (TPSA) is 29.5 Å². The van der Waals surface area contributed by atoms with Crippen LogP contribution >= 0.6 is 0 Å². The van der Waals surface area contributed by atoms with E-state index >= 15 is 0 Å². The van der Waals surface area contributed by atoms with Gasteiger partial charge < -0.3 is 9.64 Å². The van der Waals surface area contributed by atoms with Crippen LogP contribution in [0.5, 0.6) is 0 Å². The standard InChI is InChI=1S/C17H25NO2/c1-13-8-5-6-9-14(13)15-10-7-11-18(15)16(19)12-20-17(2,3)4/h5-6,8-9,15H,7,10-12H2,1-4H3. The zero-order valence-electron chi connectivity index (χ0n) is 13.0. The van der Waals surface area contributed by atoms with Gasteiger partial charge in [0, 0.05) is 6.54 Å². The number of likely N-dealkylation sites (tertiary alicyclic amines) is 1. The van der Waals surface area contributed by atoms with Crippen molar-refractivity contribution in [3.05, 3.63) is 35.4 Å². The minimum atomic E-state index is -0.270. The summed E-state index contributed by atoms with van der Waals surface area (Å²) in [4.78, 5) is 14.4. The summed E-state index contributed by atoms with van der Waals surface area (Å²) in [5.74, 6) is 0.102. The molecule has 1 fully saturated rings. The Hall–Kier alpha value is -1.35. The number of aryl methyl sites for hydroxylation is 1. The van der Waals surface area contributed by atoms with Crippen LogP contribution in [0.1, 0.15) is 50.8 Å². The third kappa shape index (κ3) is 3.60. The fraction of sp³-hybridized carbons (Fsp3) is 0.588. The van der Waals surface area contributed by atoms with Gasteiger partial charge in [-0.05, 0) is 51.7 Å². The lowest BCUT2D eigenvalue weighted by Gasteiger charge is -2.28. The molecule has 0 bridgehead atoms. The van der Waals surface area contributed by atoms with Crippen LogP contribution in [0.3, 0.4) is 0 Å². The molecular formula is C17H25NO2. The molecule has 0 radical (unpaired) electrons. The number of rotatable bonds is 3. The van der Waals surface area contributed by atoms with E-state index in [-0.39, 0.29) is 24.2 Å². The highest BCUT2D eigenvalue weighted by molar-refractivity contribution is 5.78. The second-order valence-electron chi connectivity index (χ2n) is 6.50. The maximum Gasteiger partial charge on any atom is 0.249 e. The smallest absolute Gasteiger partial charge is 0.249 e. The van der Waals surface area contributed by atoms with Crippen LogP contribution in [0.4, 0.5) is 0 Å². The average Bonchev–Trinajstić information content (AvgIpc) is 2.84. The Bertz CT molecular complexity index is 476. The van der Waals surface area contributed by atoms with Crippen molar-refractivity contribution >= 4 is 5.91 Å². The molecule has 0 saturated carbocycles. The Labute approximate surface area is 121 Å². The van der Waals surface area contributed by atoms with Crippen molar-refractivity contribution in [1.82, 2.24) is 4.90 Å². The average molecular weight is 275 g/mol. The van der Waals surface area contributed by atoms with Gasteiger partial charge in [-0.25, -0.2) is 0 Å². The summed E-state index contributed by atoms with van der Waals surface area (Å²) in [5, 5.41) is 0. The van der Waals surface area contributed by atoms with Crippen molar-refractivity contribution < 1.29 is 9.53 Å². The SMILES string of the molecule is Cc1ccccc1C1CCCN1C(=O)COC(C)(C)C. The summed E-state index contributed by atoms with van der Waals surface area (Å²) in [6.07, 6.45) is 2.12. The molecule has 2 rings (SSSR count). The van der Waals surface area contributed by atoms with Gasteiger partial charge in [-0.15, -0.1) is 0 Å². The van der Waals surface area contributed by atoms with Crippen molar-refractivity contribution in [2.75, 3.05) is 13.2 Å². The molecular weight excluding hydrogens is 250 g/mol. The van der Waals surface area contributed by atoms with E-state index in [0.717, 1.165) is 19.4 Å². The predicted octanol–water partition coefficient (Wildman–Crippen LogP) is 3.47. The van der Waals surface area contributed by atoms with E-state index in [1.54, 1.807) is 0 Å². The fourth-order valence-corrected chi connectivity index (χ4v) is 2.71. The number of hydrogen-bond acceptors (Lipinski definition) is 2. The summed E-state index contributed by atoms with van der Waals surface area (Å²) >= 11 is 0. The number of carbonyl (C=O) groups is 1. The van der Waals surface area contributed by atoms with Crippen molar-refractivity contribution in [1.29, 1.82) is 0 Å². The highest BCUT2D eigenvalue weighted by Gasteiger charge is 2.31. The highest BCUT2D eigenvalue weighted by atomic mass is 16.5. The third-order valence-corrected chi connectivity index (χ3v) is 3.75. The molecule has 0 aliphatic carbocycles. The van der Waals surface area contributed by atoms with Crippen molar-refractivity contribution in [3.63, 3.8) is 0 Å². The Morgan fingerprint density at radius 1 is 1.35 bits per heavy atom. The second kappa shape index (κ2) is 5.96. The van der Waals surface area contributed by atoms with Gasteiger partial charge in [-0.1, -0.05) is 24.3 Å². The Kier molecular flexibility index (Phi) is 4.48. The van der Waals surface area contributed by atoms with Gasteiger partial charge in [0.1, 0.15) is 6.61 Å². The van der Waals surface area contributed by atoms with Gasteiger partial charge in [0.05, 0.1) is 11.6 Å². The van der Waals surface area contributed by atoms with Crippen molar-refractivity contribution in [3.8, 4) is 0 Å². The van der Waals surface area contributed by atoms with Gasteiger partial charge in [-0.3, -0.25) is 4.79 Å². The van der Waals surface area contributed by atoms with Crippen LogP contribution < -0.4 is 0 Å². The maximum atomic E-state index is 12.4. The Balaban J connectivity index is 2.08. The molecule has 110 valence electrons. The molecule has 0 N–H and O–H groups in total. The Morgan fingerprint density at radius 2 is 2.05 bits per heavy atom. The molecule has 20 heavy (non-hydrogen) atoms. The lowest BCUT2D eigenvalue weighted by atomic mass is 9.99. The van der Waals surface area contributed by atoms with Gasteiger partial charge in [0.15, 0.2) is 0 Å². The maximum absolute atomic E-state index is 12.4. The minimum absolute atomic E-state index is 0.102. The largest absolute Gasteiger partial charge is 0.366 e. The molecule has 3 nitrogen and oxygen atoms in total. The monoisotopic (exact) mass is 275 g/mol. The number of amides is 1. The number of ether oxygens (including phenoxy) is 1. The van der Waals surface area contributed by atoms with Crippen LogP contribution in [0, 0.1) is 6.92 Å². The third-order valence-electron chi connectivity index (χ3n) is 3.75.